The van der Waals surface area contributed by atoms with Crippen LogP contribution in [0.15, 0.2) is 18.2 Å². The van der Waals surface area contributed by atoms with E-state index in [1.165, 1.54) is 0 Å². The first-order valence-electron chi connectivity index (χ1n) is 5.03. The minimum absolute atomic E-state index is 0.298. The Morgan fingerprint density at radius 1 is 1.41 bits per heavy atom. The Hall–Kier alpha value is -1.31. The molecule has 0 bridgehead atoms. The second-order valence-electron chi connectivity index (χ2n) is 3.68. The summed E-state index contributed by atoms with van der Waals surface area (Å²) in [4.78, 5) is 22.3. The third kappa shape index (κ3) is 4.22. The van der Waals surface area contributed by atoms with E-state index in [9.17, 15) is 9.59 Å². The first kappa shape index (κ1) is 13.8. The van der Waals surface area contributed by atoms with Gasteiger partial charge in [-0.05, 0) is 60.2 Å². The Balaban J connectivity index is 2.71. The van der Waals surface area contributed by atoms with Crippen molar-refractivity contribution in [1.29, 1.82) is 0 Å². The Morgan fingerprint density at radius 3 is 2.59 bits per heavy atom. The van der Waals surface area contributed by atoms with E-state index in [-0.39, 0.29) is 5.91 Å². The molecule has 0 spiro atoms. The van der Waals surface area contributed by atoms with Crippen molar-refractivity contribution in [1.82, 2.24) is 5.32 Å². The van der Waals surface area contributed by atoms with Crippen molar-refractivity contribution in [2.24, 2.45) is 5.73 Å². The maximum atomic E-state index is 11.7. The number of urea groups is 1. The van der Waals surface area contributed by atoms with Crippen LogP contribution in [0.5, 0.6) is 0 Å². The lowest BCUT2D eigenvalue weighted by atomic mass is 10.2. The van der Waals surface area contributed by atoms with Gasteiger partial charge in [-0.3, -0.25) is 4.79 Å². The average molecular weight is 347 g/mol. The van der Waals surface area contributed by atoms with Crippen molar-refractivity contribution < 1.29 is 9.59 Å². The molecular formula is C11H14IN3O2. The van der Waals surface area contributed by atoms with Crippen molar-refractivity contribution in [3.63, 3.8) is 0 Å². The fourth-order valence-corrected chi connectivity index (χ4v) is 1.93. The maximum Gasteiger partial charge on any atom is 0.312 e. The van der Waals surface area contributed by atoms with Crippen LogP contribution < -0.4 is 16.4 Å². The summed E-state index contributed by atoms with van der Waals surface area (Å²) in [7, 11) is 0. The van der Waals surface area contributed by atoms with Crippen LogP contribution in [0.4, 0.5) is 10.5 Å². The number of hydrogen-bond acceptors (Lipinski definition) is 2. The normalized spacial score (nSPS) is 11.7. The lowest BCUT2D eigenvalue weighted by molar-refractivity contribution is -0.117. The van der Waals surface area contributed by atoms with Crippen molar-refractivity contribution in [3.8, 4) is 0 Å². The highest BCUT2D eigenvalue weighted by molar-refractivity contribution is 14.1. The molecule has 0 aliphatic heterocycles. The summed E-state index contributed by atoms with van der Waals surface area (Å²) in [5, 5.41) is 5.05. The Morgan fingerprint density at radius 2 is 2.06 bits per heavy atom. The van der Waals surface area contributed by atoms with E-state index < -0.39 is 12.1 Å². The molecule has 3 amide bonds. The predicted molar refractivity (Wildman–Crippen MR) is 74.7 cm³/mol. The summed E-state index contributed by atoms with van der Waals surface area (Å²) in [6, 6.07) is 4.31. The van der Waals surface area contributed by atoms with Crippen molar-refractivity contribution >= 4 is 40.2 Å². The number of anilines is 1. The van der Waals surface area contributed by atoms with Gasteiger partial charge >= 0.3 is 6.03 Å². The molecule has 1 rings (SSSR count). The van der Waals surface area contributed by atoms with E-state index in [2.05, 4.69) is 33.2 Å². The first-order valence-corrected chi connectivity index (χ1v) is 6.11. The second kappa shape index (κ2) is 5.85. The molecule has 92 valence electrons. The number of aryl methyl sites for hydroxylation is 1. The van der Waals surface area contributed by atoms with Crippen LogP contribution in [0.25, 0.3) is 0 Å². The first-order chi connectivity index (χ1) is 7.90. The van der Waals surface area contributed by atoms with Crippen molar-refractivity contribution in [3.05, 3.63) is 27.3 Å². The van der Waals surface area contributed by atoms with Crippen LogP contribution in [-0.4, -0.2) is 18.0 Å². The number of amides is 3. The molecule has 17 heavy (non-hydrogen) atoms. The Labute approximate surface area is 113 Å². The van der Waals surface area contributed by atoms with Gasteiger partial charge in [-0.1, -0.05) is 0 Å². The zero-order valence-corrected chi connectivity index (χ0v) is 11.7. The molecule has 5 nitrogen and oxygen atoms in total. The number of nitrogens with two attached hydrogens (primary N) is 1. The van der Waals surface area contributed by atoms with E-state index in [4.69, 9.17) is 5.73 Å². The van der Waals surface area contributed by atoms with E-state index in [1.807, 2.05) is 25.1 Å². The molecule has 0 heterocycles. The number of hydrogen-bond donors (Lipinski definition) is 3. The third-order valence-electron chi connectivity index (χ3n) is 2.20. The Bertz CT molecular complexity index is 448. The highest BCUT2D eigenvalue weighted by Gasteiger charge is 2.14. The van der Waals surface area contributed by atoms with Crippen molar-refractivity contribution in [2.45, 2.75) is 19.9 Å². The summed E-state index contributed by atoms with van der Waals surface area (Å²) in [6.45, 7) is 3.48. The molecule has 0 saturated carbocycles. The van der Waals surface area contributed by atoms with Gasteiger partial charge in [0, 0.05) is 9.26 Å². The molecule has 0 aromatic heterocycles. The number of benzene rings is 1. The van der Waals surface area contributed by atoms with E-state index >= 15 is 0 Å². The summed E-state index contributed by atoms with van der Waals surface area (Å²) in [5.74, 6) is -0.298. The number of carbonyl (C=O) groups is 2. The molecule has 0 aliphatic carbocycles. The van der Waals surface area contributed by atoms with Gasteiger partial charge in [0.15, 0.2) is 0 Å². The van der Waals surface area contributed by atoms with E-state index in [0.717, 1.165) is 14.8 Å². The van der Waals surface area contributed by atoms with Crippen LogP contribution in [0.2, 0.25) is 0 Å². The van der Waals surface area contributed by atoms with Crippen molar-refractivity contribution in [2.75, 3.05) is 5.32 Å². The summed E-state index contributed by atoms with van der Waals surface area (Å²) < 4.78 is 1.10. The van der Waals surface area contributed by atoms with Gasteiger partial charge in [-0.25, -0.2) is 4.79 Å². The summed E-state index contributed by atoms with van der Waals surface area (Å²) in [6.07, 6.45) is 0. The molecule has 0 radical (unpaired) electrons. The molecular weight excluding hydrogens is 333 g/mol. The average Bonchev–Trinajstić information content (AvgIpc) is 2.21. The van der Waals surface area contributed by atoms with Gasteiger partial charge in [-0.2, -0.15) is 0 Å². The molecule has 1 atom stereocenters. The van der Waals surface area contributed by atoms with Gasteiger partial charge in [-0.15, -0.1) is 0 Å². The quantitative estimate of drug-likeness (QED) is 0.726. The third-order valence-corrected chi connectivity index (χ3v) is 2.87. The van der Waals surface area contributed by atoms with Crippen LogP contribution in [0.3, 0.4) is 0 Å². The predicted octanol–water partition coefficient (Wildman–Crippen LogP) is 1.59. The van der Waals surface area contributed by atoms with Gasteiger partial charge in [0.2, 0.25) is 5.91 Å². The number of nitrogens with one attached hydrogen (secondary N) is 2. The number of rotatable bonds is 3. The van der Waals surface area contributed by atoms with Crippen LogP contribution in [-0.2, 0) is 4.79 Å². The Kier molecular flexibility index (Phi) is 4.73. The van der Waals surface area contributed by atoms with Crippen LogP contribution in [0, 0.1) is 10.5 Å². The highest BCUT2D eigenvalue weighted by atomic mass is 127. The lowest BCUT2D eigenvalue weighted by Crippen LogP contribution is -2.44. The monoisotopic (exact) mass is 347 g/mol. The summed E-state index contributed by atoms with van der Waals surface area (Å²) >= 11 is 2.20. The van der Waals surface area contributed by atoms with E-state index in [1.54, 1.807) is 6.92 Å². The van der Waals surface area contributed by atoms with Gasteiger partial charge in [0.05, 0.1) is 0 Å². The van der Waals surface area contributed by atoms with Crippen LogP contribution in [0.1, 0.15) is 12.5 Å². The standard InChI is InChI=1S/C11H14IN3O2/c1-6-5-8(12)3-4-9(6)15-10(16)7(2)14-11(13)17/h3-5,7H,1-2H3,(H,15,16)(H3,13,14,17)/t7-/m0/s1. The molecule has 4 N–H and O–H groups in total. The number of carbonyl (C=O) groups excluding carboxylic acids is 2. The maximum absolute atomic E-state index is 11.7. The zero-order chi connectivity index (χ0) is 13.0. The molecule has 6 heteroatoms. The smallest absolute Gasteiger partial charge is 0.312 e. The largest absolute Gasteiger partial charge is 0.352 e. The highest BCUT2D eigenvalue weighted by Crippen LogP contribution is 2.17. The lowest BCUT2D eigenvalue weighted by Gasteiger charge is -2.14. The minimum Gasteiger partial charge on any atom is -0.352 e. The van der Waals surface area contributed by atoms with Gasteiger partial charge in [0.1, 0.15) is 6.04 Å². The van der Waals surface area contributed by atoms with Gasteiger partial charge < -0.3 is 16.4 Å². The zero-order valence-electron chi connectivity index (χ0n) is 9.58. The topological polar surface area (TPSA) is 84.2 Å². The molecule has 1 aromatic carbocycles. The molecule has 0 unspecified atom stereocenters. The fraction of sp³-hybridized carbons (Fsp3) is 0.273. The minimum atomic E-state index is -0.716. The number of halogens is 1. The summed E-state index contributed by atoms with van der Waals surface area (Å²) in [5.41, 5.74) is 6.64. The van der Waals surface area contributed by atoms with Gasteiger partial charge in [0.25, 0.3) is 0 Å². The molecule has 0 saturated heterocycles. The molecule has 0 aliphatic rings. The van der Waals surface area contributed by atoms with Crippen LogP contribution >= 0.6 is 22.6 Å². The molecule has 0 fully saturated rings. The fourth-order valence-electron chi connectivity index (χ4n) is 1.29. The second-order valence-corrected chi connectivity index (χ2v) is 4.92. The number of primary amides is 1. The molecule has 1 aromatic rings. The van der Waals surface area contributed by atoms with E-state index in [0.29, 0.717) is 0 Å². The SMILES string of the molecule is Cc1cc(I)ccc1NC(=O)[C@H](C)NC(N)=O.